The fourth-order valence-corrected chi connectivity index (χ4v) is 3.76. The zero-order valence-corrected chi connectivity index (χ0v) is 13.3. The van der Waals surface area contributed by atoms with E-state index in [9.17, 15) is 0 Å². The Morgan fingerprint density at radius 2 is 2.11 bits per heavy atom. The number of nitrogens with one attached hydrogen (secondary N) is 1. The summed E-state index contributed by atoms with van der Waals surface area (Å²) in [5, 5.41) is 4.68. The van der Waals surface area contributed by atoms with Crippen LogP contribution in [0, 0.1) is 0 Å². The van der Waals surface area contributed by atoms with Gasteiger partial charge in [-0.05, 0) is 19.8 Å². The molecule has 1 fully saturated rings. The molecule has 0 aromatic carbocycles. The molecule has 1 aliphatic carbocycles. The zero-order valence-electron chi connectivity index (χ0n) is 12.5. The lowest BCUT2D eigenvalue weighted by molar-refractivity contribution is 0.418. The van der Waals surface area contributed by atoms with Gasteiger partial charge in [0.1, 0.15) is 0 Å². The second-order valence-corrected chi connectivity index (χ2v) is 6.82. The van der Waals surface area contributed by atoms with Crippen LogP contribution in [0.2, 0.25) is 0 Å². The fraction of sp³-hybridized carbons (Fsp3) is 0.800. The van der Waals surface area contributed by atoms with Gasteiger partial charge in [0, 0.05) is 36.2 Å². The minimum Gasteiger partial charge on any atom is -0.345 e. The van der Waals surface area contributed by atoms with E-state index in [2.05, 4.69) is 36.0 Å². The maximum atomic E-state index is 4.64. The van der Waals surface area contributed by atoms with E-state index in [1.807, 2.05) is 17.5 Å². The SMILES string of the molecule is CCN(c1ncc(CNC(C)C)s1)C1CCCCC1. The first-order chi connectivity index (χ1) is 9.20. The van der Waals surface area contributed by atoms with Crippen LogP contribution in [0.5, 0.6) is 0 Å². The minimum absolute atomic E-state index is 0.533. The van der Waals surface area contributed by atoms with Crippen LogP contribution in [0.15, 0.2) is 6.20 Å². The Labute approximate surface area is 121 Å². The number of hydrogen-bond acceptors (Lipinski definition) is 4. The summed E-state index contributed by atoms with van der Waals surface area (Å²) in [4.78, 5) is 8.51. The molecule has 1 aliphatic rings. The maximum Gasteiger partial charge on any atom is 0.185 e. The van der Waals surface area contributed by atoms with Gasteiger partial charge in [0.2, 0.25) is 0 Å². The van der Waals surface area contributed by atoms with Crippen LogP contribution in [0.1, 0.15) is 57.8 Å². The molecule has 0 amide bonds. The van der Waals surface area contributed by atoms with E-state index in [1.54, 1.807) is 0 Å². The molecule has 19 heavy (non-hydrogen) atoms. The first kappa shape index (κ1) is 14.8. The molecule has 2 rings (SSSR count). The molecule has 0 unspecified atom stereocenters. The first-order valence-corrected chi connectivity index (χ1v) is 8.47. The lowest BCUT2D eigenvalue weighted by Crippen LogP contribution is -2.36. The molecule has 0 spiro atoms. The van der Waals surface area contributed by atoms with Crippen molar-refractivity contribution in [3.8, 4) is 0 Å². The molecule has 3 nitrogen and oxygen atoms in total. The lowest BCUT2D eigenvalue weighted by Gasteiger charge is -2.33. The van der Waals surface area contributed by atoms with Gasteiger partial charge in [0.05, 0.1) is 0 Å². The molecule has 1 heterocycles. The standard InChI is InChI=1S/C15H27N3S/c1-4-18(13-8-6-5-7-9-13)15-17-11-14(19-15)10-16-12(2)3/h11-13,16H,4-10H2,1-3H3. The van der Waals surface area contributed by atoms with E-state index in [0.29, 0.717) is 6.04 Å². The summed E-state index contributed by atoms with van der Waals surface area (Å²) in [6, 6.07) is 1.25. The van der Waals surface area contributed by atoms with Crippen molar-refractivity contribution in [1.29, 1.82) is 0 Å². The highest BCUT2D eigenvalue weighted by molar-refractivity contribution is 7.15. The van der Waals surface area contributed by atoms with Crippen LogP contribution in [-0.2, 0) is 6.54 Å². The van der Waals surface area contributed by atoms with E-state index in [-0.39, 0.29) is 0 Å². The number of aromatic nitrogens is 1. The third kappa shape index (κ3) is 4.18. The average Bonchev–Trinajstić information content (AvgIpc) is 2.87. The van der Waals surface area contributed by atoms with E-state index < -0.39 is 0 Å². The van der Waals surface area contributed by atoms with E-state index in [0.717, 1.165) is 19.1 Å². The summed E-state index contributed by atoms with van der Waals surface area (Å²) < 4.78 is 0. The molecule has 1 aromatic heterocycles. The molecule has 108 valence electrons. The quantitative estimate of drug-likeness (QED) is 0.859. The lowest BCUT2D eigenvalue weighted by atomic mass is 9.94. The Kier molecular flexibility index (Phi) is 5.64. The summed E-state index contributed by atoms with van der Waals surface area (Å²) in [6.07, 6.45) is 8.90. The van der Waals surface area contributed by atoms with Crippen molar-refractivity contribution in [3.63, 3.8) is 0 Å². The second kappa shape index (κ2) is 7.25. The van der Waals surface area contributed by atoms with Crippen molar-refractivity contribution in [1.82, 2.24) is 10.3 Å². The third-order valence-corrected chi connectivity index (χ3v) is 4.86. The molecule has 0 bridgehead atoms. The molecule has 0 aliphatic heterocycles. The van der Waals surface area contributed by atoms with Crippen LogP contribution in [0.4, 0.5) is 5.13 Å². The van der Waals surface area contributed by atoms with Gasteiger partial charge in [-0.15, -0.1) is 11.3 Å². The highest BCUT2D eigenvalue weighted by Gasteiger charge is 2.22. The Hall–Kier alpha value is -0.610. The van der Waals surface area contributed by atoms with Crippen molar-refractivity contribution < 1.29 is 0 Å². The predicted octanol–water partition coefficient (Wildman–Crippen LogP) is 3.80. The molecule has 1 N–H and O–H groups in total. The summed E-state index contributed by atoms with van der Waals surface area (Å²) >= 11 is 1.85. The highest BCUT2D eigenvalue weighted by atomic mass is 32.1. The topological polar surface area (TPSA) is 28.2 Å². The Balaban J connectivity index is 1.98. The van der Waals surface area contributed by atoms with Crippen LogP contribution < -0.4 is 10.2 Å². The first-order valence-electron chi connectivity index (χ1n) is 7.65. The predicted molar refractivity (Wildman–Crippen MR) is 84.0 cm³/mol. The maximum absolute atomic E-state index is 4.64. The molecular formula is C15H27N3S. The van der Waals surface area contributed by atoms with Crippen molar-refractivity contribution in [3.05, 3.63) is 11.1 Å². The van der Waals surface area contributed by atoms with Gasteiger partial charge in [-0.25, -0.2) is 4.98 Å². The van der Waals surface area contributed by atoms with Gasteiger partial charge in [0.25, 0.3) is 0 Å². The average molecular weight is 281 g/mol. The molecular weight excluding hydrogens is 254 g/mol. The van der Waals surface area contributed by atoms with Gasteiger partial charge in [-0.3, -0.25) is 0 Å². The van der Waals surface area contributed by atoms with Crippen LogP contribution in [0.3, 0.4) is 0 Å². The Morgan fingerprint density at radius 3 is 2.74 bits per heavy atom. The molecule has 4 heteroatoms. The van der Waals surface area contributed by atoms with Gasteiger partial charge >= 0.3 is 0 Å². The summed E-state index contributed by atoms with van der Waals surface area (Å²) in [5.74, 6) is 0. The zero-order chi connectivity index (χ0) is 13.7. The summed E-state index contributed by atoms with van der Waals surface area (Å²) in [7, 11) is 0. The van der Waals surface area contributed by atoms with Crippen molar-refractivity contribution in [2.45, 2.75) is 71.5 Å². The molecule has 0 saturated heterocycles. The fourth-order valence-electron chi connectivity index (χ4n) is 2.76. The smallest absolute Gasteiger partial charge is 0.185 e. The minimum atomic E-state index is 0.533. The summed E-state index contributed by atoms with van der Waals surface area (Å²) in [6.45, 7) is 8.64. The van der Waals surface area contributed by atoms with Crippen molar-refractivity contribution in [2.24, 2.45) is 0 Å². The Morgan fingerprint density at radius 1 is 1.37 bits per heavy atom. The summed E-state index contributed by atoms with van der Waals surface area (Å²) in [5.41, 5.74) is 0. The number of hydrogen-bond donors (Lipinski definition) is 1. The van der Waals surface area contributed by atoms with Gasteiger partial charge in [-0.1, -0.05) is 33.1 Å². The van der Waals surface area contributed by atoms with E-state index in [1.165, 1.54) is 42.1 Å². The van der Waals surface area contributed by atoms with Crippen molar-refractivity contribution >= 4 is 16.5 Å². The monoisotopic (exact) mass is 281 g/mol. The Bertz CT molecular complexity index is 369. The molecule has 1 aromatic rings. The van der Waals surface area contributed by atoms with E-state index >= 15 is 0 Å². The van der Waals surface area contributed by atoms with Crippen LogP contribution >= 0.6 is 11.3 Å². The number of nitrogens with zero attached hydrogens (tertiary/aromatic N) is 2. The molecule has 0 atom stereocenters. The van der Waals surface area contributed by atoms with Crippen LogP contribution in [0.25, 0.3) is 0 Å². The van der Waals surface area contributed by atoms with Crippen molar-refractivity contribution in [2.75, 3.05) is 11.4 Å². The van der Waals surface area contributed by atoms with Crippen LogP contribution in [-0.4, -0.2) is 23.6 Å². The third-order valence-electron chi connectivity index (χ3n) is 3.83. The second-order valence-electron chi connectivity index (χ2n) is 5.72. The molecule has 1 saturated carbocycles. The van der Waals surface area contributed by atoms with Gasteiger partial charge in [0.15, 0.2) is 5.13 Å². The van der Waals surface area contributed by atoms with Gasteiger partial charge < -0.3 is 10.2 Å². The largest absolute Gasteiger partial charge is 0.345 e. The molecule has 0 radical (unpaired) electrons. The van der Waals surface area contributed by atoms with E-state index in [4.69, 9.17) is 0 Å². The number of thiazole rings is 1. The highest BCUT2D eigenvalue weighted by Crippen LogP contribution is 2.30. The normalized spacial score (nSPS) is 17.1. The number of anilines is 1. The van der Waals surface area contributed by atoms with Gasteiger partial charge in [-0.2, -0.15) is 0 Å². The number of rotatable bonds is 6.